The van der Waals surface area contributed by atoms with Crippen molar-refractivity contribution in [1.82, 2.24) is 4.48 Å². The molecule has 0 atom stereocenters. The van der Waals surface area contributed by atoms with Gasteiger partial charge in [0.05, 0.1) is 30.9 Å². The van der Waals surface area contributed by atoms with E-state index in [9.17, 15) is 0 Å². The molecule has 0 radical (unpaired) electrons. The van der Waals surface area contributed by atoms with E-state index in [1.54, 1.807) is 38.5 Å². The molecule has 0 amide bonds. The van der Waals surface area contributed by atoms with Gasteiger partial charge in [-0.15, -0.1) is 0 Å². The summed E-state index contributed by atoms with van der Waals surface area (Å²) in [6.45, 7) is 2.26. The number of fused-ring (bicyclic) bond motifs is 12. The van der Waals surface area contributed by atoms with Crippen molar-refractivity contribution in [2.75, 3.05) is 14.2 Å². The monoisotopic (exact) mass is 830 g/mol. The van der Waals surface area contributed by atoms with E-state index in [-0.39, 0.29) is 5.41 Å². The Bertz CT molecular complexity index is 3300. The summed E-state index contributed by atoms with van der Waals surface area (Å²) in [5.41, 5.74) is 9.84. The minimum absolute atomic E-state index is 0.302. The van der Waals surface area contributed by atoms with E-state index in [1.807, 2.05) is 84.9 Å². The first-order valence-corrected chi connectivity index (χ1v) is 20.6. The molecule has 1 aliphatic carbocycles. The van der Waals surface area contributed by atoms with Crippen LogP contribution < -0.4 is 9.47 Å². The van der Waals surface area contributed by atoms with Crippen molar-refractivity contribution in [1.29, 1.82) is 0 Å². The molecule has 9 rings (SSSR count). The maximum atomic E-state index is 16.1. The fraction of sp³-hybridized carbons (Fsp3) is 0.105. The summed E-state index contributed by atoms with van der Waals surface area (Å²) in [6, 6.07) is 34.1. The van der Waals surface area contributed by atoms with Gasteiger partial charge in [0.1, 0.15) is 17.7 Å². The average molecular weight is 831 g/mol. The lowest BCUT2D eigenvalue weighted by molar-refractivity contribution is -0.356. The molecule has 0 saturated carbocycles. The lowest BCUT2D eigenvalue weighted by atomic mass is 9.79. The third-order valence-electron chi connectivity index (χ3n) is 11.0. The highest BCUT2D eigenvalue weighted by Gasteiger charge is 2.52. The van der Waals surface area contributed by atoms with Crippen LogP contribution in [-0.2, 0) is 5.41 Å². The van der Waals surface area contributed by atoms with Crippen molar-refractivity contribution in [3.05, 3.63) is 206 Å². The molecular weight excluding hydrogens is 793 g/mol. The van der Waals surface area contributed by atoms with E-state index < -0.39 is 6.97 Å². The molecule has 0 N–H and O–H groups in total. The van der Waals surface area contributed by atoms with E-state index >= 15 is 8.63 Å². The molecule has 304 valence electrons. The van der Waals surface area contributed by atoms with Crippen LogP contribution >= 0.6 is 0 Å². The van der Waals surface area contributed by atoms with Gasteiger partial charge in [-0.05, 0) is 138 Å². The van der Waals surface area contributed by atoms with Crippen LogP contribution in [0.1, 0.15) is 93.2 Å². The molecular formula is C57H37BF2N2O2. The molecule has 0 fully saturated rings. The minimum atomic E-state index is -4.14. The number of halogens is 2. The molecule has 6 aromatic rings. The van der Waals surface area contributed by atoms with Crippen LogP contribution in [0, 0.1) is 71.0 Å². The first-order valence-electron chi connectivity index (χ1n) is 20.6. The standard InChI is InChI=1S/C57H37BF2N2O2/c1-57(2,3)50-38-48-28-24-42-14-8-12-40(34-42)20-22-44-26-30-53(63-4)46(36-44)16-6-7-17-47-37-45(27-31-54(47)64-5)23-21-41-13-9-15-43(35-41)25-29-49(39-50)55(48)56-51-18-10-32-61(51)58(59,60)62-33-11-19-52(56)62/h8-15,18-19,26-27,30-39H,1-5H3. The molecule has 5 aromatic carbocycles. The molecule has 64 heavy (non-hydrogen) atoms. The number of hydrogen-bond donors (Lipinski definition) is 0. The maximum absolute atomic E-state index is 16.1. The van der Waals surface area contributed by atoms with Gasteiger partial charge in [0.2, 0.25) is 0 Å². The zero-order chi connectivity index (χ0) is 44.4. The van der Waals surface area contributed by atoms with E-state index in [4.69, 9.17) is 9.47 Å². The van der Waals surface area contributed by atoms with Gasteiger partial charge in [-0.25, -0.2) is 0 Å². The van der Waals surface area contributed by atoms with Crippen molar-refractivity contribution >= 4 is 18.8 Å². The molecule has 7 heteroatoms. The fourth-order valence-electron chi connectivity index (χ4n) is 7.70. The molecule has 3 heterocycles. The molecule has 0 unspecified atom stereocenters. The number of aromatic nitrogens is 1. The molecule has 4 nitrogen and oxygen atoms in total. The van der Waals surface area contributed by atoms with Crippen molar-refractivity contribution in [2.24, 2.45) is 0 Å². The Morgan fingerprint density at radius 1 is 0.547 bits per heavy atom. The molecule has 2 aliphatic heterocycles. The third kappa shape index (κ3) is 8.12. The van der Waals surface area contributed by atoms with Gasteiger partial charge < -0.3 is 27.1 Å². The lowest BCUT2D eigenvalue weighted by Crippen LogP contribution is -2.49. The Hall–Kier alpha value is -8.59. The van der Waals surface area contributed by atoms with Crippen LogP contribution in [-0.4, -0.2) is 36.4 Å². The Balaban J connectivity index is 1.29. The summed E-state index contributed by atoms with van der Waals surface area (Å²) >= 11 is 0. The molecule has 0 spiro atoms. The first kappa shape index (κ1) is 40.8. The molecule has 0 saturated heterocycles. The second kappa shape index (κ2) is 16.7. The minimum Gasteiger partial charge on any atom is -0.495 e. The van der Waals surface area contributed by atoms with Gasteiger partial charge in [0.25, 0.3) is 0 Å². The van der Waals surface area contributed by atoms with Gasteiger partial charge >= 0.3 is 6.97 Å². The van der Waals surface area contributed by atoms with Crippen LogP contribution in [0.15, 0.2) is 133 Å². The number of hydrogen-bond acceptors (Lipinski definition) is 2. The topological polar surface area (TPSA) is 26.4 Å². The van der Waals surface area contributed by atoms with Crippen molar-refractivity contribution in [3.63, 3.8) is 0 Å². The first-order chi connectivity index (χ1) is 31.0. The van der Waals surface area contributed by atoms with E-state index in [0.717, 1.165) is 47.9 Å². The smallest absolute Gasteiger partial charge is 0.495 e. The van der Waals surface area contributed by atoms with Crippen molar-refractivity contribution in [3.8, 4) is 82.5 Å². The number of methoxy groups -OCH3 is 2. The van der Waals surface area contributed by atoms with Crippen LogP contribution in [0.3, 0.4) is 0 Å². The van der Waals surface area contributed by atoms with Crippen molar-refractivity contribution in [2.45, 2.75) is 26.2 Å². The number of ether oxygens (including phenoxy) is 2. The van der Waals surface area contributed by atoms with Gasteiger partial charge in [0.15, 0.2) is 5.70 Å². The second-order valence-electron chi connectivity index (χ2n) is 16.3. The molecule has 1 aromatic heterocycles. The van der Waals surface area contributed by atoms with Gasteiger partial charge in [-0.2, -0.15) is 0 Å². The zero-order valence-corrected chi connectivity index (χ0v) is 35.7. The summed E-state index contributed by atoms with van der Waals surface area (Å²) in [7, 11) is 3.20. The quantitative estimate of drug-likeness (QED) is 0.131. The largest absolute Gasteiger partial charge is 0.737 e. The lowest BCUT2D eigenvalue weighted by Gasteiger charge is -2.32. The number of rotatable bonds is 3. The van der Waals surface area contributed by atoms with Gasteiger partial charge in [-0.1, -0.05) is 80.3 Å². The van der Waals surface area contributed by atoms with Gasteiger partial charge in [-0.3, -0.25) is 0 Å². The summed E-state index contributed by atoms with van der Waals surface area (Å²) in [5.74, 6) is 40.2. The number of allylic oxidation sites excluding steroid dienone is 2. The number of nitrogens with zero attached hydrogens (tertiary/aromatic N) is 2. The molecule has 3 aliphatic rings. The van der Waals surface area contributed by atoms with Crippen LogP contribution in [0.5, 0.6) is 11.5 Å². The van der Waals surface area contributed by atoms with E-state index in [1.165, 1.54) is 12.4 Å². The van der Waals surface area contributed by atoms with Crippen LogP contribution in [0.2, 0.25) is 0 Å². The Morgan fingerprint density at radius 2 is 1.03 bits per heavy atom. The highest BCUT2D eigenvalue weighted by molar-refractivity contribution is 6.57. The Labute approximate surface area is 373 Å². The van der Waals surface area contributed by atoms with Crippen LogP contribution in [0.4, 0.5) is 8.63 Å². The summed E-state index contributed by atoms with van der Waals surface area (Å²) in [5, 5.41) is 0. The highest BCUT2D eigenvalue weighted by Crippen LogP contribution is 2.42. The Morgan fingerprint density at radius 3 is 1.52 bits per heavy atom. The predicted octanol–water partition coefficient (Wildman–Crippen LogP) is 9.77. The fourth-order valence-corrected chi connectivity index (χ4v) is 7.70. The van der Waals surface area contributed by atoms with Crippen LogP contribution in [0.25, 0.3) is 5.57 Å². The average Bonchev–Trinajstić information content (AvgIpc) is 4.01. The highest BCUT2D eigenvalue weighted by atomic mass is 19.2. The van der Waals surface area contributed by atoms with Gasteiger partial charge in [0, 0.05) is 67.9 Å². The van der Waals surface area contributed by atoms with E-state index in [0.29, 0.717) is 56.3 Å². The Kier molecular flexibility index (Phi) is 10.6. The number of benzene rings is 5. The SMILES string of the molecule is COc1ccc2cc1C#CC#Cc1cc(ccc1OC)C#Cc1cccc(c1)C#Cc1cc(C(C)(C)C)cc(c1C1=C3C=CC=[N+]3[B-](F)(F)n3cccc31)C#Cc1cccc(c1)C#C2. The normalized spacial score (nSPS) is 13.6. The summed E-state index contributed by atoms with van der Waals surface area (Å²) in [6.07, 6.45) is 6.26. The molecule has 10 bridgehead atoms. The summed E-state index contributed by atoms with van der Waals surface area (Å²) in [4.78, 5) is 0. The second-order valence-corrected chi connectivity index (χ2v) is 16.3. The summed E-state index contributed by atoms with van der Waals surface area (Å²) < 4.78 is 45.6. The van der Waals surface area contributed by atoms with Crippen molar-refractivity contribution < 1.29 is 22.6 Å². The third-order valence-corrected chi connectivity index (χ3v) is 11.0. The maximum Gasteiger partial charge on any atom is 0.737 e. The predicted molar refractivity (Wildman–Crippen MR) is 251 cm³/mol. The zero-order valence-electron chi connectivity index (χ0n) is 35.7. The van der Waals surface area contributed by atoms with E-state index in [2.05, 4.69) is 104 Å².